The molecule has 1 N–H and O–H groups in total. The average Bonchev–Trinajstić information content (AvgIpc) is 2.80. The van der Waals surface area contributed by atoms with Crippen LogP contribution in [-0.2, 0) is 6.54 Å². The van der Waals surface area contributed by atoms with Crippen molar-refractivity contribution in [3.63, 3.8) is 0 Å². The van der Waals surface area contributed by atoms with Gasteiger partial charge in [-0.25, -0.2) is 9.37 Å². The summed E-state index contributed by atoms with van der Waals surface area (Å²) in [5, 5.41) is 9.86. The van der Waals surface area contributed by atoms with Crippen LogP contribution in [0.1, 0.15) is 13.3 Å². The molecule has 3 nitrogen and oxygen atoms in total. The molecule has 0 saturated carbocycles. The number of aromatic nitrogens is 2. The van der Waals surface area contributed by atoms with Crippen LogP contribution >= 0.6 is 15.9 Å². The maximum Gasteiger partial charge on any atom is 0.141 e. The number of phenolic OH excluding ortho intramolecular Hbond substituents is 1. The van der Waals surface area contributed by atoms with Crippen molar-refractivity contribution in [1.82, 2.24) is 9.55 Å². The van der Waals surface area contributed by atoms with Gasteiger partial charge in [-0.2, -0.15) is 0 Å². The number of nitrogens with zero attached hydrogens (tertiary/aromatic N) is 2. The molecule has 0 aliphatic carbocycles. The third-order valence-corrected chi connectivity index (χ3v) is 4.03. The Morgan fingerprint density at radius 1 is 1.24 bits per heavy atom. The zero-order valence-corrected chi connectivity index (χ0v) is 13.1. The normalized spacial score (nSPS) is 11.2. The second kappa shape index (κ2) is 5.48. The van der Waals surface area contributed by atoms with Crippen LogP contribution in [0.2, 0.25) is 0 Å². The minimum atomic E-state index is -0.297. The van der Waals surface area contributed by atoms with Crippen molar-refractivity contribution in [1.29, 1.82) is 0 Å². The first kappa shape index (κ1) is 14.1. The molecule has 0 atom stereocenters. The van der Waals surface area contributed by atoms with Gasteiger partial charge in [0.05, 0.1) is 15.5 Å². The summed E-state index contributed by atoms with van der Waals surface area (Å²) in [5.41, 5.74) is 2.33. The average molecular weight is 349 g/mol. The van der Waals surface area contributed by atoms with Gasteiger partial charge in [0.1, 0.15) is 17.4 Å². The van der Waals surface area contributed by atoms with Crippen LogP contribution < -0.4 is 0 Å². The van der Waals surface area contributed by atoms with E-state index in [-0.39, 0.29) is 11.6 Å². The molecule has 3 rings (SSSR count). The van der Waals surface area contributed by atoms with Crippen LogP contribution in [0, 0.1) is 5.82 Å². The van der Waals surface area contributed by atoms with E-state index < -0.39 is 0 Å². The third kappa shape index (κ3) is 2.53. The Morgan fingerprint density at radius 3 is 2.76 bits per heavy atom. The van der Waals surface area contributed by atoms with Crippen molar-refractivity contribution >= 4 is 27.0 Å². The SMILES string of the molecule is CCCn1c(-c2ccc(Br)c(O)c2)nc2cc(F)ccc21. The van der Waals surface area contributed by atoms with Crippen LogP contribution in [0.15, 0.2) is 40.9 Å². The molecule has 0 aliphatic heterocycles. The van der Waals surface area contributed by atoms with Gasteiger partial charge in [0.25, 0.3) is 0 Å². The second-order valence-corrected chi connectivity index (χ2v) is 5.74. The Bertz CT molecular complexity index is 813. The van der Waals surface area contributed by atoms with E-state index in [0.29, 0.717) is 9.99 Å². The molecule has 0 aliphatic rings. The number of benzene rings is 2. The number of aryl methyl sites for hydroxylation is 1. The van der Waals surface area contributed by atoms with Crippen molar-refractivity contribution in [2.24, 2.45) is 0 Å². The smallest absolute Gasteiger partial charge is 0.141 e. The van der Waals surface area contributed by atoms with Gasteiger partial charge in [-0.1, -0.05) is 6.92 Å². The van der Waals surface area contributed by atoms with Gasteiger partial charge in [0.15, 0.2) is 0 Å². The van der Waals surface area contributed by atoms with Gasteiger partial charge >= 0.3 is 0 Å². The minimum Gasteiger partial charge on any atom is -0.507 e. The number of imidazole rings is 1. The lowest BCUT2D eigenvalue weighted by molar-refractivity contribution is 0.472. The number of hydrogen-bond acceptors (Lipinski definition) is 2. The zero-order chi connectivity index (χ0) is 15.0. The van der Waals surface area contributed by atoms with Crippen LogP contribution in [0.3, 0.4) is 0 Å². The van der Waals surface area contributed by atoms with Gasteiger partial charge in [-0.3, -0.25) is 0 Å². The largest absolute Gasteiger partial charge is 0.507 e. The predicted octanol–water partition coefficient (Wildman–Crippen LogP) is 4.72. The molecule has 1 aromatic heterocycles. The number of rotatable bonds is 3. The Balaban J connectivity index is 2.24. The first-order chi connectivity index (χ1) is 10.1. The van der Waals surface area contributed by atoms with E-state index in [1.165, 1.54) is 12.1 Å². The highest BCUT2D eigenvalue weighted by Gasteiger charge is 2.13. The van der Waals surface area contributed by atoms with Gasteiger partial charge in [-0.15, -0.1) is 0 Å². The summed E-state index contributed by atoms with van der Waals surface area (Å²) >= 11 is 3.27. The Kier molecular flexibility index (Phi) is 3.68. The van der Waals surface area contributed by atoms with Crippen molar-refractivity contribution in [2.75, 3.05) is 0 Å². The fourth-order valence-electron chi connectivity index (χ4n) is 2.43. The monoisotopic (exact) mass is 348 g/mol. The maximum atomic E-state index is 13.4. The molecular formula is C16H14BrFN2O. The molecule has 0 bridgehead atoms. The minimum absolute atomic E-state index is 0.161. The Morgan fingerprint density at radius 2 is 2.05 bits per heavy atom. The molecule has 5 heteroatoms. The molecule has 3 aromatic rings. The molecule has 21 heavy (non-hydrogen) atoms. The lowest BCUT2D eigenvalue weighted by atomic mass is 10.2. The fourth-order valence-corrected chi connectivity index (χ4v) is 2.67. The summed E-state index contributed by atoms with van der Waals surface area (Å²) in [6, 6.07) is 9.94. The molecule has 0 fully saturated rings. The van der Waals surface area contributed by atoms with Gasteiger partial charge in [0, 0.05) is 18.2 Å². The van der Waals surface area contributed by atoms with E-state index in [4.69, 9.17) is 0 Å². The molecular weight excluding hydrogens is 335 g/mol. The number of phenols is 1. The predicted molar refractivity (Wildman–Crippen MR) is 84.8 cm³/mol. The summed E-state index contributed by atoms with van der Waals surface area (Å²) in [5.74, 6) is 0.600. The third-order valence-electron chi connectivity index (χ3n) is 3.36. The lowest BCUT2D eigenvalue weighted by Crippen LogP contribution is -1.99. The Labute approximate surface area is 130 Å². The Hall–Kier alpha value is -1.88. The van der Waals surface area contributed by atoms with Crippen LogP contribution in [-0.4, -0.2) is 14.7 Å². The van der Waals surface area contributed by atoms with Crippen molar-refractivity contribution in [3.8, 4) is 17.1 Å². The number of fused-ring (bicyclic) bond motifs is 1. The maximum absolute atomic E-state index is 13.4. The quantitative estimate of drug-likeness (QED) is 0.743. The van der Waals surface area contributed by atoms with E-state index in [1.807, 2.05) is 6.07 Å². The second-order valence-electron chi connectivity index (χ2n) is 4.89. The van der Waals surface area contributed by atoms with E-state index in [0.717, 1.165) is 29.9 Å². The molecule has 1 heterocycles. The highest BCUT2D eigenvalue weighted by molar-refractivity contribution is 9.10. The van der Waals surface area contributed by atoms with Crippen LogP contribution in [0.5, 0.6) is 5.75 Å². The van der Waals surface area contributed by atoms with Crippen molar-refractivity contribution in [3.05, 3.63) is 46.7 Å². The van der Waals surface area contributed by atoms with E-state index >= 15 is 0 Å². The highest BCUT2D eigenvalue weighted by atomic mass is 79.9. The molecule has 2 aromatic carbocycles. The van der Waals surface area contributed by atoms with Gasteiger partial charge in [-0.05, 0) is 52.7 Å². The van der Waals surface area contributed by atoms with Crippen molar-refractivity contribution < 1.29 is 9.50 Å². The van der Waals surface area contributed by atoms with E-state index in [9.17, 15) is 9.50 Å². The number of halogens is 2. The fraction of sp³-hybridized carbons (Fsp3) is 0.188. The van der Waals surface area contributed by atoms with Crippen LogP contribution in [0.4, 0.5) is 4.39 Å². The van der Waals surface area contributed by atoms with Gasteiger partial charge < -0.3 is 9.67 Å². The summed E-state index contributed by atoms with van der Waals surface area (Å²) in [6.07, 6.45) is 0.943. The molecule has 0 unspecified atom stereocenters. The molecule has 108 valence electrons. The number of hydrogen-bond donors (Lipinski definition) is 1. The first-order valence-corrected chi connectivity index (χ1v) is 7.54. The van der Waals surface area contributed by atoms with Crippen molar-refractivity contribution in [2.45, 2.75) is 19.9 Å². The first-order valence-electron chi connectivity index (χ1n) is 6.75. The van der Waals surface area contributed by atoms with Gasteiger partial charge in [0.2, 0.25) is 0 Å². The lowest BCUT2D eigenvalue weighted by Gasteiger charge is -2.08. The molecule has 0 spiro atoms. The summed E-state index contributed by atoms with van der Waals surface area (Å²) in [4.78, 5) is 4.53. The highest BCUT2D eigenvalue weighted by Crippen LogP contribution is 2.31. The van der Waals surface area contributed by atoms with E-state index in [2.05, 4.69) is 32.4 Å². The summed E-state index contributed by atoms with van der Waals surface area (Å²) in [7, 11) is 0. The molecule has 0 saturated heterocycles. The molecule has 0 amide bonds. The summed E-state index contributed by atoms with van der Waals surface area (Å²) in [6.45, 7) is 2.87. The van der Waals surface area contributed by atoms with Crippen LogP contribution in [0.25, 0.3) is 22.4 Å². The van der Waals surface area contributed by atoms with E-state index in [1.54, 1.807) is 18.2 Å². The summed E-state index contributed by atoms with van der Waals surface area (Å²) < 4.78 is 16.1. The number of aromatic hydroxyl groups is 1. The topological polar surface area (TPSA) is 38.0 Å². The standard InChI is InChI=1S/C16H14BrFN2O/c1-2-7-20-14-6-4-11(18)9-13(14)19-16(20)10-3-5-12(17)15(21)8-10/h3-6,8-9,21H,2,7H2,1H3. The zero-order valence-electron chi connectivity index (χ0n) is 11.5. The molecule has 0 radical (unpaired) electrons.